The molecule has 3 aliphatic heterocycles. The van der Waals surface area contributed by atoms with Crippen molar-refractivity contribution in [1.82, 2.24) is 0 Å². The molecule has 3 heterocycles. The minimum atomic E-state index is -1.55. The van der Waals surface area contributed by atoms with E-state index in [4.69, 9.17) is 28.4 Å². The van der Waals surface area contributed by atoms with Crippen LogP contribution in [0.15, 0.2) is 36.4 Å². The van der Waals surface area contributed by atoms with Crippen LogP contribution in [-0.4, -0.2) is 90.3 Å². The lowest BCUT2D eigenvalue weighted by Gasteiger charge is -2.39. The molecule has 0 saturated carbocycles. The second kappa shape index (κ2) is 10.6. The Labute approximate surface area is 213 Å². The standard InChI is InChI=1S/C26H32O11/c1-32-18-7-12(3-5-16(18)28)24-14-10-35-25(15(14)11-34-24)13-4-6-17(19(8-13)33-2)36-26-23(31)22(30)21(29)20(9-27)37-26/h3-8,14-15,20-31H,9-11H2,1-2H3/t14-,15+,20-,21-,22+,23-,24-,25+,26-/m0/s1. The summed E-state index contributed by atoms with van der Waals surface area (Å²) in [7, 11) is 2.98. The molecule has 37 heavy (non-hydrogen) atoms. The van der Waals surface area contributed by atoms with Gasteiger partial charge in [0, 0.05) is 11.8 Å². The Morgan fingerprint density at radius 1 is 0.784 bits per heavy atom. The van der Waals surface area contributed by atoms with Crippen LogP contribution in [0.1, 0.15) is 23.3 Å². The molecular formula is C26H32O11. The highest BCUT2D eigenvalue weighted by molar-refractivity contribution is 5.45. The normalized spacial score (nSPS) is 35.2. The summed E-state index contributed by atoms with van der Waals surface area (Å²) in [5.74, 6) is 1.27. The molecule has 3 aliphatic rings. The van der Waals surface area contributed by atoms with Crippen LogP contribution in [0.2, 0.25) is 0 Å². The number of aliphatic hydroxyl groups excluding tert-OH is 4. The minimum absolute atomic E-state index is 0.0689. The van der Waals surface area contributed by atoms with Crippen molar-refractivity contribution in [2.75, 3.05) is 34.0 Å². The Balaban J connectivity index is 1.32. The van der Waals surface area contributed by atoms with Gasteiger partial charge >= 0.3 is 0 Å². The molecule has 0 radical (unpaired) electrons. The highest BCUT2D eigenvalue weighted by Crippen LogP contribution is 2.51. The minimum Gasteiger partial charge on any atom is -0.504 e. The molecule has 202 valence electrons. The lowest BCUT2D eigenvalue weighted by Crippen LogP contribution is -2.60. The van der Waals surface area contributed by atoms with Crippen LogP contribution in [0.5, 0.6) is 23.0 Å². The summed E-state index contributed by atoms with van der Waals surface area (Å²) in [6, 6.07) is 10.5. The fraction of sp³-hybridized carbons (Fsp3) is 0.538. The van der Waals surface area contributed by atoms with Gasteiger partial charge in [-0.05, 0) is 35.4 Å². The first kappa shape index (κ1) is 26.0. The largest absolute Gasteiger partial charge is 0.504 e. The highest BCUT2D eigenvalue weighted by Gasteiger charge is 2.49. The van der Waals surface area contributed by atoms with Gasteiger partial charge in [0.2, 0.25) is 6.29 Å². The molecule has 0 aliphatic carbocycles. The van der Waals surface area contributed by atoms with E-state index in [0.29, 0.717) is 24.7 Å². The van der Waals surface area contributed by atoms with Crippen molar-refractivity contribution >= 4 is 0 Å². The van der Waals surface area contributed by atoms with Gasteiger partial charge in [-0.3, -0.25) is 0 Å². The predicted octanol–water partition coefficient (Wildman–Crippen LogP) is 0.663. The van der Waals surface area contributed by atoms with E-state index in [1.165, 1.54) is 14.2 Å². The number of rotatable bonds is 7. The Kier molecular flexibility index (Phi) is 7.46. The number of phenols is 1. The molecule has 3 saturated heterocycles. The summed E-state index contributed by atoms with van der Waals surface area (Å²) in [6.07, 6.45) is -7.41. The number of aliphatic hydroxyl groups is 4. The molecule has 3 fully saturated rings. The maximum absolute atomic E-state index is 10.3. The van der Waals surface area contributed by atoms with Crippen LogP contribution in [0, 0.1) is 11.8 Å². The second-order valence-corrected chi connectivity index (χ2v) is 9.49. The van der Waals surface area contributed by atoms with Gasteiger partial charge < -0.3 is 54.0 Å². The van der Waals surface area contributed by atoms with Crippen LogP contribution in [0.3, 0.4) is 0 Å². The van der Waals surface area contributed by atoms with Crippen molar-refractivity contribution in [2.24, 2.45) is 11.8 Å². The van der Waals surface area contributed by atoms with Gasteiger partial charge in [-0.15, -0.1) is 0 Å². The number of ether oxygens (including phenoxy) is 6. The maximum Gasteiger partial charge on any atom is 0.229 e. The van der Waals surface area contributed by atoms with E-state index >= 15 is 0 Å². The van der Waals surface area contributed by atoms with E-state index in [1.807, 2.05) is 12.1 Å². The number of hydrogen-bond donors (Lipinski definition) is 5. The molecule has 11 heteroatoms. The summed E-state index contributed by atoms with van der Waals surface area (Å²) in [6.45, 7) is 0.436. The monoisotopic (exact) mass is 520 g/mol. The van der Waals surface area contributed by atoms with Crippen molar-refractivity contribution in [3.8, 4) is 23.0 Å². The van der Waals surface area contributed by atoms with Gasteiger partial charge in [0.25, 0.3) is 0 Å². The van der Waals surface area contributed by atoms with Crippen molar-refractivity contribution in [1.29, 1.82) is 0 Å². The number of hydrogen-bond acceptors (Lipinski definition) is 11. The van der Waals surface area contributed by atoms with Gasteiger partial charge in [0.05, 0.1) is 46.2 Å². The summed E-state index contributed by atoms with van der Waals surface area (Å²) in [4.78, 5) is 0. The summed E-state index contributed by atoms with van der Waals surface area (Å²) in [5, 5.41) is 49.7. The fourth-order valence-electron chi connectivity index (χ4n) is 5.35. The van der Waals surface area contributed by atoms with E-state index in [0.717, 1.165) is 11.1 Å². The van der Waals surface area contributed by atoms with Gasteiger partial charge in [-0.25, -0.2) is 0 Å². The van der Waals surface area contributed by atoms with E-state index in [2.05, 4.69) is 0 Å². The third-order valence-corrected chi connectivity index (χ3v) is 7.40. The second-order valence-electron chi connectivity index (χ2n) is 9.49. The first-order valence-electron chi connectivity index (χ1n) is 12.1. The highest BCUT2D eigenvalue weighted by atomic mass is 16.7. The quantitative estimate of drug-likeness (QED) is 0.349. The van der Waals surface area contributed by atoms with Crippen molar-refractivity contribution < 1.29 is 54.0 Å². The number of benzene rings is 2. The van der Waals surface area contributed by atoms with Crippen LogP contribution < -0.4 is 14.2 Å². The van der Waals surface area contributed by atoms with Gasteiger partial charge in [-0.2, -0.15) is 0 Å². The zero-order chi connectivity index (χ0) is 26.3. The van der Waals surface area contributed by atoms with E-state index in [9.17, 15) is 25.5 Å². The van der Waals surface area contributed by atoms with Gasteiger partial charge in [-0.1, -0.05) is 12.1 Å². The van der Waals surface area contributed by atoms with Gasteiger partial charge in [0.1, 0.15) is 24.4 Å². The lowest BCUT2D eigenvalue weighted by atomic mass is 9.85. The smallest absolute Gasteiger partial charge is 0.229 e. The first-order chi connectivity index (χ1) is 17.9. The number of methoxy groups -OCH3 is 2. The van der Waals surface area contributed by atoms with Crippen LogP contribution >= 0.6 is 0 Å². The summed E-state index contributed by atoms with van der Waals surface area (Å²) >= 11 is 0. The van der Waals surface area contributed by atoms with Crippen LogP contribution in [0.4, 0.5) is 0 Å². The number of fused-ring (bicyclic) bond motifs is 1. The molecule has 0 aromatic heterocycles. The van der Waals surface area contributed by atoms with E-state index in [1.54, 1.807) is 24.3 Å². The molecular weight excluding hydrogens is 488 g/mol. The maximum atomic E-state index is 10.3. The first-order valence-corrected chi connectivity index (χ1v) is 12.1. The third-order valence-electron chi connectivity index (χ3n) is 7.40. The molecule has 2 aromatic rings. The molecule has 0 bridgehead atoms. The van der Waals surface area contributed by atoms with Crippen molar-refractivity contribution in [3.63, 3.8) is 0 Å². The molecule has 5 rings (SSSR count). The summed E-state index contributed by atoms with van der Waals surface area (Å²) in [5.41, 5.74) is 1.77. The molecule has 5 N–H and O–H groups in total. The van der Waals surface area contributed by atoms with E-state index in [-0.39, 0.29) is 35.5 Å². The molecule has 2 aromatic carbocycles. The molecule has 0 unspecified atom stereocenters. The average Bonchev–Trinajstić information content (AvgIpc) is 3.52. The Morgan fingerprint density at radius 3 is 1.97 bits per heavy atom. The molecule has 9 atom stereocenters. The number of aromatic hydroxyl groups is 1. The zero-order valence-electron chi connectivity index (χ0n) is 20.5. The molecule has 0 amide bonds. The van der Waals surface area contributed by atoms with E-state index < -0.39 is 37.3 Å². The van der Waals surface area contributed by atoms with Crippen LogP contribution in [-0.2, 0) is 14.2 Å². The topological polar surface area (TPSA) is 157 Å². The molecule has 11 nitrogen and oxygen atoms in total. The third kappa shape index (κ3) is 4.72. The Hall–Kier alpha value is -2.64. The summed E-state index contributed by atoms with van der Waals surface area (Å²) < 4.78 is 34.3. The zero-order valence-corrected chi connectivity index (χ0v) is 20.5. The molecule has 0 spiro atoms. The van der Waals surface area contributed by atoms with Crippen LogP contribution in [0.25, 0.3) is 0 Å². The Morgan fingerprint density at radius 2 is 1.38 bits per heavy atom. The van der Waals surface area contributed by atoms with Crippen molar-refractivity contribution in [2.45, 2.75) is 42.9 Å². The van der Waals surface area contributed by atoms with Gasteiger partial charge in [0.15, 0.2) is 23.0 Å². The average molecular weight is 521 g/mol. The predicted molar refractivity (Wildman–Crippen MR) is 126 cm³/mol. The SMILES string of the molecule is COc1cc([C@@H]2OC[C@@H]3[C@@H]2CO[C@@H]3c2ccc(O[C@H]3O[C@@H](CO)[C@H](O)[C@@H](O)[C@@H]3O)c(OC)c2)ccc1O. The lowest BCUT2D eigenvalue weighted by molar-refractivity contribution is -0.277. The fourth-order valence-corrected chi connectivity index (χ4v) is 5.35. The Bertz CT molecular complexity index is 1090. The van der Waals surface area contributed by atoms with Crippen molar-refractivity contribution in [3.05, 3.63) is 47.5 Å². The number of phenolic OH excluding ortho intramolecular Hbond substituents is 1.